The molecule has 0 saturated carbocycles. The molecule has 0 aliphatic rings. The van der Waals surface area contributed by atoms with E-state index in [1.807, 2.05) is 24.3 Å². The summed E-state index contributed by atoms with van der Waals surface area (Å²) in [5, 5.41) is 0. The number of nitrogens with one attached hydrogen (secondary N) is 1. The minimum absolute atomic E-state index is 0.563. The van der Waals surface area contributed by atoms with Crippen LogP contribution in [0.3, 0.4) is 0 Å². The van der Waals surface area contributed by atoms with Crippen LogP contribution in [0.25, 0.3) is 11.1 Å². The van der Waals surface area contributed by atoms with Gasteiger partial charge in [-0.25, -0.2) is 8.42 Å². The molecule has 1 N–H and O–H groups in total. The summed E-state index contributed by atoms with van der Waals surface area (Å²) >= 11 is 0. The predicted octanol–water partition coefficient (Wildman–Crippen LogP) is 2.68. The smallest absolute Gasteiger partial charge is 0.229 e. The highest BCUT2D eigenvalue weighted by Crippen LogP contribution is 2.24. The largest absolute Gasteiger partial charge is 0.284 e. The Hall–Kier alpha value is -1.88. The first kappa shape index (κ1) is 13.5. The highest BCUT2D eigenvalue weighted by atomic mass is 32.2. The number of hydrogen-bond donors (Lipinski definition) is 1. The van der Waals surface area contributed by atoms with Crippen molar-refractivity contribution in [3.8, 4) is 11.1 Å². The van der Waals surface area contributed by atoms with Gasteiger partial charge in [-0.1, -0.05) is 25.1 Å². The van der Waals surface area contributed by atoms with Crippen LogP contribution in [-0.4, -0.2) is 19.7 Å². The zero-order chi connectivity index (χ0) is 13.9. The van der Waals surface area contributed by atoms with Crippen LogP contribution in [0, 0.1) is 0 Å². The van der Waals surface area contributed by atoms with E-state index in [1.54, 1.807) is 18.3 Å². The minimum atomic E-state index is -3.23. The molecule has 19 heavy (non-hydrogen) atoms. The molecule has 4 nitrogen and oxygen atoms in total. The number of pyridine rings is 1. The van der Waals surface area contributed by atoms with E-state index >= 15 is 0 Å². The molecular formula is C14H16N2O2S. The summed E-state index contributed by atoms with van der Waals surface area (Å²) < 4.78 is 24.7. The van der Waals surface area contributed by atoms with Gasteiger partial charge in [0, 0.05) is 23.1 Å². The van der Waals surface area contributed by atoms with Crippen LogP contribution in [0.2, 0.25) is 0 Å². The first-order valence-corrected chi connectivity index (χ1v) is 7.91. The van der Waals surface area contributed by atoms with Gasteiger partial charge >= 0.3 is 0 Å². The quantitative estimate of drug-likeness (QED) is 0.934. The van der Waals surface area contributed by atoms with Crippen molar-refractivity contribution in [1.82, 2.24) is 4.98 Å². The Morgan fingerprint density at radius 1 is 1.16 bits per heavy atom. The van der Waals surface area contributed by atoms with Gasteiger partial charge in [0.15, 0.2) is 0 Å². The van der Waals surface area contributed by atoms with Gasteiger partial charge in [0.2, 0.25) is 10.0 Å². The number of aryl methyl sites for hydroxylation is 1. The summed E-state index contributed by atoms with van der Waals surface area (Å²) in [6.07, 6.45) is 3.78. The van der Waals surface area contributed by atoms with Gasteiger partial charge in [-0.05, 0) is 30.2 Å². The number of hydrogen-bond acceptors (Lipinski definition) is 3. The lowest BCUT2D eigenvalue weighted by Crippen LogP contribution is -2.09. The van der Waals surface area contributed by atoms with E-state index < -0.39 is 10.0 Å². The van der Waals surface area contributed by atoms with Crippen LogP contribution in [0.4, 0.5) is 5.69 Å². The van der Waals surface area contributed by atoms with Crippen molar-refractivity contribution < 1.29 is 8.42 Å². The summed E-state index contributed by atoms with van der Waals surface area (Å²) in [6.45, 7) is 2.06. The Morgan fingerprint density at radius 3 is 2.42 bits per heavy atom. The molecule has 0 fully saturated rings. The maximum atomic E-state index is 11.1. The number of anilines is 1. The third-order valence-electron chi connectivity index (χ3n) is 2.72. The van der Waals surface area contributed by atoms with Crippen LogP contribution in [0.1, 0.15) is 12.6 Å². The molecule has 100 valence electrons. The molecular weight excluding hydrogens is 260 g/mol. The summed E-state index contributed by atoms with van der Waals surface area (Å²) in [7, 11) is -3.23. The van der Waals surface area contributed by atoms with Gasteiger partial charge in [0.25, 0.3) is 0 Å². The van der Waals surface area contributed by atoms with E-state index in [0.29, 0.717) is 5.69 Å². The maximum Gasteiger partial charge on any atom is 0.229 e. The minimum Gasteiger partial charge on any atom is -0.284 e. The summed E-state index contributed by atoms with van der Waals surface area (Å²) in [5.41, 5.74) is 3.71. The fraction of sp³-hybridized carbons (Fsp3) is 0.214. The highest BCUT2D eigenvalue weighted by Gasteiger charge is 2.05. The second-order valence-corrected chi connectivity index (χ2v) is 6.05. The third-order valence-corrected chi connectivity index (χ3v) is 3.33. The molecule has 2 aromatic rings. The summed E-state index contributed by atoms with van der Waals surface area (Å²) in [5.74, 6) is 0. The molecule has 0 spiro atoms. The average molecular weight is 276 g/mol. The normalized spacial score (nSPS) is 11.3. The molecule has 0 amide bonds. The first-order chi connectivity index (χ1) is 8.99. The molecule has 0 unspecified atom stereocenters. The molecule has 1 aromatic carbocycles. The molecule has 0 radical (unpaired) electrons. The van der Waals surface area contributed by atoms with Gasteiger partial charge in [-0.2, -0.15) is 0 Å². The van der Waals surface area contributed by atoms with Gasteiger partial charge in [0.1, 0.15) is 0 Å². The number of benzene rings is 1. The summed E-state index contributed by atoms with van der Waals surface area (Å²) in [4.78, 5) is 4.34. The van der Waals surface area contributed by atoms with Crippen molar-refractivity contribution in [3.63, 3.8) is 0 Å². The van der Waals surface area contributed by atoms with Gasteiger partial charge < -0.3 is 0 Å². The molecule has 0 aliphatic carbocycles. The molecule has 5 heteroatoms. The highest BCUT2D eigenvalue weighted by molar-refractivity contribution is 7.92. The van der Waals surface area contributed by atoms with Crippen LogP contribution in [-0.2, 0) is 16.4 Å². The Bertz CT molecular complexity index is 664. The van der Waals surface area contributed by atoms with Crippen LogP contribution in [0.5, 0.6) is 0 Å². The van der Waals surface area contributed by atoms with Crippen LogP contribution < -0.4 is 4.72 Å². The lowest BCUT2D eigenvalue weighted by molar-refractivity contribution is 0.607. The third kappa shape index (κ3) is 3.54. The van der Waals surface area contributed by atoms with Crippen LogP contribution in [0.15, 0.2) is 42.6 Å². The molecule has 0 aliphatic heterocycles. The molecule has 1 heterocycles. The van der Waals surface area contributed by atoms with Crippen molar-refractivity contribution in [2.24, 2.45) is 0 Å². The SMILES string of the molecule is CCc1ncccc1-c1ccc(NS(C)(=O)=O)cc1. The zero-order valence-electron chi connectivity index (χ0n) is 10.9. The predicted molar refractivity (Wildman–Crippen MR) is 77.5 cm³/mol. The van der Waals surface area contributed by atoms with Crippen molar-refractivity contribution in [2.45, 2.75) is 13.3 Å². The Morgan fingerprint density at radius 2 is 1.84 bits per heavy atom. The van der Waals surface area contributed by atoms with Gasteiger partial charge in [0.05, 0.1) is 6.26 Å². The molecule has 1 aromatic heterocycles. The van der Waals surface area contributed by atoms with E-state index in [1.165, 1.54) is 0 Å². The Labute approximate surface area is 113 Å². The lowest BCUT2D eigenvalue weighted by Gasteiger charge is -2.08. The number of sulfonamides is 1. The first-order valence-electron chi connectivity index (χ1n) is 6.01. The van der Waals surface area contributed by atoms with E-state index in [2.05, 4.69) is 16.6 Å². The van der Waals surface area contributed by atoms with Gasteiger partial charge in [-0.15, -0.1) is 0 Å². The van der Waals surface area contributed by atoms with Crippen molar-refractivity contribution >= 4 is 15.7 Å². The average Bonchev–Trinajstić information content (AvgIpc) is 2.38. The van der Waals surface area contributed by atoms with E-state index in [4.69, 9.17) is 0 Å². The number of aromatic nitrogens is 1. The van der Waals surface area contributed by atoms with Crippen LogP contribution >= 0.6 is 0 Å². The lowest BCUT2D eigenvalue weighted by atomic mass is 10.0. The Kier molecular flexibility index (Phi) is 3.85. The fourth-order valence-corrected chi connectivity index (χ4v) is 2.48. The van der Waals surface area contributed by atoms with E-state index in [9.17, 15) is 8.42 Å². The number of rotatable bonds is 4. The summed E-state index contributed by atoms with van der Waals surface area (Å²) in [6, 6.07) is 11.2. The topological polar surface area (TPSA) is 59.1 Å². The second-order valence-electron chi connectivity index (χ2n) is 4.30. The number of nitrogens with zero attached hydrogens (tertiary/aromatic N) is 1. The fourth-order valence-electron chi connectivity index (χ4n) is 1.91. The van der Waals surface area contributed by atoms with Crippen molar-refractivity contribution in [1.29, 1.82) is 0 Å². The molecule has 0 saturated heterocycles. The standard InChI is InChI=1S/C14H16N2O2S/c1-3-14-13(5-4-10-15-14)11-6-8-12(9-7-11)16-19(2,17)18/h4-10,16H,3H2,1-2H3. The zero-order valence-corrected chi connectivity index (χ0v) is 11.7. The second kappa shape index (κ2) is 5.40. The van der Waals surface area contributed by atoms with Crippen molar-refractivity contribution in [3.05, 3.63) is 48.3 Å². The molecule has 0 atom stereocenters. The molecule has 2 rings (SSSR count). The van der Waals surface area contributed by atoms with Crippen molar-refractivity contribution in [2.75, 3.05) is 11.0 Å². The van der Waals surface area contributed by atoms with E-state index in [-0.39, 0.29) is 0 Å². The molecule has 0 bridgehead atoms. The monoisotopic (exact) mass is 276 g/mol. The van der Waals surface area contributed by atoms with E-state index in [0.717, 1.165) is 29.5 Å². The maximum absolute atomic E-state index is 11.1. The Balaban J connectivity index is 2.32. The van der Waals surface area contributed by atoms with Gasteiger partial charge in [-0.3, -0.25) is 9.71 Å².